The van der Waals surface area contributed by atoms with Crippen LogP contribution in [0.1, 0.15) is 20.8 Å². The largest absolute Gasteiger partial charge is 0.337 e. The van der Waals surface area contributed by atoms with Gasteiger partial charge in [0.25, 0.3) is 0 Å². The number of rotatable bonds is 2. The SMILES string of the molecule is CC(C)C(N)C(=O)N1CCS(=O)(=O)CC1C. The Balaban J connectivity index is 2.73. The van der Waals surface area contributed by atoms with E-state index in [2.05, 4.69) is 0 Å². The van der Waals surface area contributed by atoms with Crippen LogP contribution in [-0.2, 0) is 14.6 Å². The van der Waals surface area contributed by atoms with Gasteiger partial charge in [0.15, 0.2) is 9.84 Å². The van der Waals surface area contributed by atoms with Crippen LogP contribution in [0, 0.1) is 5.92 Å². The highest BCUT2D eigenvalue weighted by atomic mass is 32.2. The number of hydrogen-bond donors (Lipinski definition) is 1. The summed E-state index contributed by atoms with van der Waals surface area (Å²) in [4.78, 5) is 13.6. The summed E-state index contributed by atoms with van der Waals surface area (Å²) in [6, 6.07) is -0.806. The molecule has 16 heavy (non-hydrogen) atoms. The van der Waals surface area contributed by atoms with Crippen molar-refractivity contribution in [2.45, 2.75) is 32.9 Å². The highest BCUT2D eigenvalue weighted by Gasteiger charge is 2.33. The number of carbonyl (C=O) groups excluding carboxylic acids is 1. The summed E-state index contributed by atoms with van der Waals surface area (Å²) in [7, 11) is -2.98. The number of carbonyl (C=O) groups is 1. The maximum atomic E-state index is 12.0. The molecule has 6 heteroatoms. The minimum atomic E-state index is -2.98. The van der Waals surface area contributed by atoms with Gasteiger partial charge >= 0.3 is 0 Å². The zero-order chi connectivity index (χ0) is 12.5. The van der Waals surface area contributed by atoms with Crippen LogP contribution in [0.4, 0.5) is 0 Å². The molecule has 1 saturated heterocycles. The van der Waals surface area contributed by atoms with E-state index in [-0.39, 0.29) is 35.9 Å². The predicted octanol–water partition coefficient (Wildman–Crippen LogP) is -0.385. The van der Waals surface area contributed by atoms with Crippen LogP contribution in [0.5, 0.6) is 0 Å². The van der Waals surface area contributed by atoms with E-state index in [0.29, 0.717) is 0 Å². The second-order valence-corrected chi connectivity index (χ2v) is 6.99. The second kappa shape index (κ2) is 4.71. The minimum Gasteiger partial charge on any atom is -0.337 e. The maximum Gasteiger partial charge on any atom is 0.240 e. The highest BCUT2D eigenvalue weighted by Crippen LogP contribution is 2.14. The van der Waals surface area contributed by atoms with Crippen LogP contribution < -0.4 is 5.73 Å². The lowest BCUT2D eigenvalue weighted by molar-refractivity contribution is -0.135. The van der Waals surface area contributed by atoms with Gasteiger partial charge in [0, 0.05) is 12.6 Å². The smallest absolute Gasteiger partial charge is 0.240 e. The van der Waals surface area contributed by atoms with Crippen LogP contribution in [0.25, 0.3) is 0 Å². The number of nitrogens with two attached hydrogens (primary N) is 1. The van der Waals surface area contributed by atoms with Crippen molar-refractivity contribution in [1.82, 2.24) is 4.90 Å². The molecule has 1 aliphatic heterocycles. The van der Waals surface area contributed by atoms with E-state index in [1.54, 1.807) is 11.8 Å². The summed E-state index contributed by atoms with van der Waals surface area (Å²) < 4.78 is 22.7. The van der Waals surface area contributed by atoms with Crippen molar-refractivity contribution in [1.29, 1.82) is 0 Å². The lowest BCUT2D eigenvalue weighted by Crippen LogP contribution is -2.55. The van der Waals surface area contributed by atoms with Gasteiger partial charge in [0.05, 0.1) is 17.5 Å². The molecule has 0 spiro atoms. The van der Waals surface area contributed by atoms with Gasteiger partial charge in [-0.3, -0.25) is 4.79 Å². The lowest BCUT2D eigenvalue weighted by atomic mass is 10.0. The fraction of sp³-hybridized carbons (Fsp3) is 0.900. The molecule has 2 N–H and O–H groups in total. The Hall–Kier alpha value is -0.620. The molecule has 1 aliphatic rings. The van der Waals surface area contributed by atoms with Crippen LogP contribution in [0.15, 0.2) is 0 Å². The van der Waals surface area contributed by atoms with Crippen molar-refractivity contribution in [2.75, 3.05) is 18.1 Å². The molecule has 1 heterocycles. The molecule has 1 rings (SSSR count). The first-order chi connectivity index (χ1) is 7.24. The Morgan fingerprint density at radius 2 is 2.00 bits per heavy atom. The van der Waals surface area contributed by atoms with E-state index in [4.69, 9.17) is 5.73 Å². The fourth-order valence-electron chi connectivity index (χ4n) is 1.80. The average Bonchev–Trinajstić information content (AvgIpc) is 2.14. The molecule has 0 aromatic rings. The van der Waals surface area contributed by atoms with E-state index < -0.39 is 15.9 Å². The summed E-state index contributed by atoms with van der Waals surface area (Å²) in [5.74, 6) is 0.0212. The van der Waals surface area contributed by atoms with Gasteiger partial charge in [0.1, 0.15) is 0 Å². The normalized spacial score (nSPS) is 26.8. The summed E-state index contributed by atoms with van der Waals surface area (Å²) in [6.07, 6.45) is 0. The monoisotopic (exact) mass is 248 g/mol. The Morgan fingerprint density at radius 3 is 2.44 bits per heavy atom. The van der Waals surface area contributed by atoms with E-state index in [1.165, 1.54) is 0 Å². The molecule has 5 nitrogen and oxygen atoms in total. The van der Waals surface area contributed by atoms with Crippen molar-refractivity contribution >= 4 is 15.7 Å². The molecule has 0 aromatic heterocycles. The molecule has 2 unspecified atom stereocenters. The molecule has 2 atom stereocenters. The zero-order valence-corrected chi connectivity index (χ0v) is 10.8. The standard InChI is InChI=1S/C10H20N2O3S/c1-7(2)9(11)10(13)12-4-5-16(14,15)6-8(12)3/h7-9H,4-6,11H2,1-3H3. The minimum absolute atomic E-state index is 0.0452. The number of hydrogen-bond acceptors (Lipinski definition) is 4. The first kappa shape index (κ1) is 13.4. The first-order valence-corrected chi connectivity index (χ1v) is 7.33. The van der Waals surface area contributed by atoms with E-state index >= 15 is 0 Å². The van der Waals surface area contributed by atoms with Crippen molar-refractivity contribution < 1.29 is 13.2 Å². The lowest BCUT2D eigenvalue weighted by Gasteiger charge is -2.35. The van der Waals surface area contributed by atoms with E-state index in [9.17, 15) is 13.2 Å². The molecule has 1 fully saturated rings. The van der Waals surface area contributed by atoms with Crippen LogP contribution in [-0.4, -0.2) is 49.4 Å². The third-order valence-corrected chi connectivity index (χ3v) is 4.75. The van der Waals surface area contributed by atoms with Gasteiger partial charge in [-0.05, 0) is 12.8 Å². The van der Waals surface area contributed by atoms with Gasteiger partial charge in [-0.1, -0.05) is 13.8 Å². The maximum absolute atomic E-state index is 12.0. The molecule has 0 aliphatic carbocycles. The topological polar surface area (TPSA) is 80.5 Å². The van der Waals surface area contributed by atoms with Gasteiger partial charge < -0.3 is 10.6 Å². The summed E-state index contributed by atoms with van der Waals surface area (Å²) in [5, 5.41) is 0. The van der Waals surface area contributed by atoms with Gasteiger partial charge in [-0.15, -0.1) is 0 Å². The average molecular weight is 248 g/mol. The van der Waals surface area contributed by atoms with Crippen LogP contribution in [0.3, 0.4) is 0 Å². The molecular weight excluding hydrogens is 228 g/mol. The Labute approximate surface area is 96.9 Å². The Morgan fingerprint density at radius 1 is 1.44 bits per heavy atom. The summed E-state index contributed by atoms with van der Waals surface area (Å²) in [6.45, 7) is 5.78. The van der Waals surface area contributed by atoms with Crippen LogP contribution >= 0.6 is 0 Å². The van der Waals surface area contributed by atoms with Crippen molar-refractivity contribution in [3.63, 3.8) is 0 Å². The van der Waals surface area contributed by atoms with Crippen molar-refractivity contribution in [3.05, 3.63) is 0 Å². The third kappa shape index (κ3) is 2.95. The van der Waals surface area contributed by atoms with Crippen LogP contribution in [0.2, 0.25) is 0 Å². The third-order valence-electron chi connectivity index (χ3n) is 2.96. The highest BCUT2D eigenvalue weighted by molar-refractivity contribution is 7.91. The molecule has 0 radical (unpaired) electrons. The van der Waals surface area contributed by atoms with Gasteiger partial charge in [-0.25, -0.2) is 8.42 Å². The number of amides is 1. The zero-order valence-electron chi connectivity index (χ0n) is 10.0. The molecule has 94 valence electrons. The summed E-state index contributed by atoms with van der Waals surface area (Å²) >= 11 is 0. The molecular formula is C10H20N2O3S. The second-order valence-electron chi connectivity index (χ2n) is 4.76. The van der Waals surface area contributed by atoms with Crippen molar-refractivity contribution in [2.24, 2.45) is 11.7 Å². The van der Waals surface area contributed by atoms with E-state index in [0.717, 1.165) is 0 Å². The Kier molecular flexibility index (Phi) is 3.96. The Bertz CT molecular complexity index is 364. The quantitative estimate of drug-likeness (QED) is 0.722. The molecule has 1 amide bonds. The first-order valence-electron chi connectivity index (χ1n) is 5.51. The predicted molar refractivity (Wildman–Crippen MR) is 62.6 cm³/mol. The number of nitrogens with zero attached hydrogens (tertiary/aromatic N) is 1. The molecule has 0 aromatic carbocycles. The van der Waals surface area contributed by atoms with Gasteiger partial charge in [-0.2, -0.15) is 0 Å². The molecule has 0 bridgehead atoms. The van der Waals surface area contributed by atoms with Crippen molar-refractivity contribution in [3.8, 4) is 0 Å². The fourth-order valence-corrected chi connectivity index (χ4v) is 3.36. The van der Waals surface area contributed by atoms with Gasteiger partial charge in [0.2, 0.25) is 5.91 Å². The van der Waals surface area contributed by atoms with E-state index in [1.807, 2.05) is 13.8 Å². The molecule has 0 saturated carbocycles. The summed E-state index contributed by atoms with van der Waals surface area (Å²) in [5.41, 5.74) is 5.78. The number of sulfone groups is 1.